The largest absolute Gasteiger partial charge is 0.457 e. The number of aromatic nitrogens is 1. The lowest BCUT2D eigenvalue weighted by Gasteiger charge is -2.18. The molecule has 25 heavy (non-hydrogen) atoms. The summed E-state index contributed by atoms with van der Waals surface area (Å²) in [6, 6.07) is 19.8. The number of hydrogen-bond acceptors (Lipinski definition) is 3. The third-order valence-corrected chi connectivity index (χ3v) is 3.86. The monoisotopic (exact) mass is 358 g/mol. The first kappa shape index (κ1) is 19.0. The molecule has 0 N–H and O–H groups in total. The minimum Gasteiger partial charge on any atom is -0.457 e. The molecule has 5 heteroatoms. The Morgan fingerprint density at radius 3 is 2.40 bits per heavy atom. The summed E-state index contributed by atoms with van der Waals surface area (Å²) in [7, 11) is 3.93. The summed E-state index contributed by atoms with van der Waals surface area (Å²) in [5, 5.41) is 1.02. The van der Waals surface area contributed by atoms with Crippen LogP contribution in [0.3, 0.4) is 0 Å². The Labute approximate surface area is 154 Å². The maximum Gasteiger partial charge on any atom is 0.355 e. The van der Waals surface area contributed by atoms with E-state index in [4.69, 9.17) is 4.74 Å². The van der Waals surface area contributed by atoms with Gasteiger partial charge in [-0.25, -0.2) is 4.79 Å². The zero-order chi connectivity index (χ0) is 17.1. The maximum absolute atomic E-state index is 12.7. The molecule has 0 spiro atoms. The zero-order valence-electron chi connectivity index (χ0n) is 14.7. The van der Waals surface area contributed by atoms with E-state index in [9.17, 15) is 4.79 Å². The van der Waals surface area contributed by atoms with E-state index >= 15 is 0 Å². The molecule has 3 aromatic rings. The number of halogens is 1. The van der Waals surface area contributed by atoms with Gasteiger partial charge in [-0.05, 0) is 45.3 Å². The molecule has 0 fully saturated rings. The first-order valence-electron chi connectivity index (χ1n) is 8.08. The number of nitrogens with zero attached hydrogens (tertiary/aromatic N) is 2. The summed E-state index contributed by atoms with van der Waals surface area (Å²) >= 11 is 0. The molecule has 1 aromatic heterocycles. The molecular formula is C20H23ClN2O2. The van der Waals surface area contributed by atoms with Gasteiger partial charge in [0.15, 0.2) is 0 Å². The highest BCUT2D eigenvalue weighted by Crippen LogP contribution is 2.25. The van der Waals surface area contributed by atoms with Gasteiger partial charge in [0.1, 0.15) is 11.8 Å². The van der Waals surface area contributed by atoms with E-state index in [1.807, 2.05) is 91.1 Å². The fraction of sp³-hybridized carbons (Fsp3) is 0.250. The van der Waals surface area contributed by atoms with Crippen LogP contribution in [0.25, 0.3) is 16.6 Å². The summed E-state index contributed by atoms with van der Waals surface area (Å²) in [5.74, 6) is -0.301. The quantitative estimate of drug-likeness (QED) is 0.642. The van der Waals surface area contributed by atoms with Crippen LogP contribution in [-0.2, 0) is 4.74 Å². The van der Waals surface area contributed by atoms with E-state index in [0.717, 1.165) is 16.6 Å². The Balaban J connectivity index is 0.00000225. The lowest BCUT2D eigenvalue weighted by Crippen LogP contribution is -2.28. The number of esters is 1. The van der Waals surface area contributed by atoms with Crippen LogP contribution in [0.15, 0.2) is 60.7 Å². The highest BCUT2D eigenvalue weighted by Gasteiger charge is 2.20. The molecule has 0 aliphatic heterocycles. The maximum atomic E-state index is 12.7. The van der Waals surface area contributed by atoms with Crippen molar-refractivity contribution in [2.24, 2.45) is 0 Å². The highest BCUT2D eigenvalue weighted by atomic mass is 35.5. The average molecular weight is 359 g/mol. The molecular weight excluding hydrogens is 336 g/mol. The lowest BCUT2D eigenvalue weighted by atomic mass is 10.2. The second-order valence-electron chi connectivity index (χ2n) is 6.24. The van der Waals surface area contributed by atoms with Crippen LogP contribution in [0.5, 0.6) is 0 Å². The molecule has 0 bridgehead atoms. The molecule has 3 rings (SSSR count). The van der Waals surface area contributed by atoms with Crippen LogP contribution >= 0.6 is 12.4 Å². The van der Waals surface area contributed by atoms with Gasteiger partial charge in [0.05, 0.1) is 5.52 Å². The van der Waals surface area contributed by atoms with Gasteiger partial charge in [-0.15, -0.1) is 12.4 Å². The average Bonchev–Trinajstić information content (AvgIpc) is 2.94. The molecule has 0 saturated heterocycles. The number of ether oxygens (including phenoxy) is 1. The first-order valence-corrected chi connectivity index (χ1v) is 8.08. The number of fused-ring (bicyclic) bond motifs is 1. The van der Waals surface area contributed by atoms with Crippen molar-refractivity contribution in [1.29, 1.82) is 0 Å². The Morgan fingerprint density at radius 2 is 1.72 bits per heavy atom. The van der Waals surface area contributed by atoms with Crippen LogP contribution < -0.4 is 0 Å². The van der Waals surface area contributed by atoms with Crippen LogP contribution in [0.2, 0.25) is 0 Å². The smallest absolute Gasteiger partial charge is 0.355 e. The van der Waals surface area contributed by atoms with Gasteiger partial charge >= 0.3 is 5.97 Å². The number of carbonyl (C=O) groups excluding carboxylic acids is 1. The van der Waals surface area contributed by atoms with Gasteiger partial charge in [0.2, 0.25) is 0 Å². The molecule has 0 aliphatic rings. The summed E-state index contributed by atoms with van der Waals surface area (Å²) in [4.78, 5) is 14.7. The van der Waals surface area contributed by atoms with Crippen LogP contribution in [-0.4, -0.2) is 42.2 Å². The van der Waals surface area contributed by atoms with Crippen LogP contribution in [0.1, 0.15) is 17.4 Å². The van der Waals surface area contributed by atoms with Crippen molar-refractivity contribution in [2.45, 2.75) is 13.0 Å². The summed E-state index contributed by atoms with van der Waals surface area (Å²) in [6.07, 6.45) is -0.172. The van der Waals surface area contributed by atoms with Gasteiger partial charge in [-0.3, -0.25) is 0 Å². The fourth-order valence-corrected chi connectivity index (χ4v) is 2.95. The predicted octanol–water partition coefficient (Wildman–Crippen LogP) is 4.16. The molecule has 1 atom stereocenters. The van der Waals surface area contributed by atoms with E-state index in [0.29, 0.717) is 12.2 Å². The van der Waals surface area contributed by atoms with Crippen molar-refractivity contribution in [3.05, 3.63) is 66.4 Å². The van der Waals surface area contributed by atoms with Crippen molar-refractivity contribution in [3.63, 3.8) is 0 Å². The Hall–Kier alpha value is -2.30. The Bertz CT molecular complexity index is 843. The van der Waals surface area contributed by atoms with Gasteiger partial charge in [-0.1, -0.05) is 36.4 Å². The molecule has 0 radical (unpaired) electrons. The van der Waals surface area contributed by atoms with Crippen molar-refractivity contribution in [1.82, 2.24) is 9.47 Å². The Kier molecular flexibility index (Phi) is 6.23. The lowest BCUT2D eigenvalue weighted by molar-refractivity contribution is 0.0280. The standard InChI is InChI=1S/C20H22N2O2.ClH/c1-15(14-21(2)3)24-20(23)19-13-16-9-7-8-12-18(16)22(19)17-10-5-4-6-11-17;/h4-13,15H,14H2,1-3H3;1H. The van der Waals surface area contributed by atoms with E-state index in [-0.39, 0.29) is 24.5 Å². The molecule has 1 unspecified atom stereocenters. The minimum absolute atomic E-state index is 0. The highest BCUT2D eigenvalue weighted by molar-refractivity contribution is 5.97. The number of rotatable bonds is 5. The van der Waals surface area contributed by atoms with E-state index < -0.39 is 0 Å². The summed E-state index contributed by atoms with van der Waals surface area (Å²) in [5.41, 5.74) is 2.50. The Morgan fingerprint density at radius 1 is 1.08 bits per heavy atom. The number of hydrogen-bond donors (Lipinski definition) is 0. The summed E-state index contributed by atoms with van der Waals surface area (Å²) < 4.78 is 7.60. The summed E-state index contributed by atoms with van der Waals surface area (Å²) in [6.45, 7) is 2.60. The first-order chi connectivity index (χ1) is 11.6. The number of carbonyl (C=O) groups is 1. The molecule has 2 aromatic carbocycles. The van der Waals surface area contributed by atoms with E-state index in [1.165, 1.54) is 0 Å². The molecule has 1 heterocycles. The molecule has 0 saturated carbocycles. The second kappa shape index (κ2) is 8.19. The topological polar surface area (TPSA) is 34.5 Å². The molecule has 0 amide bonds. The minimum atomic E-state index is -0.301. The van der Waals surface area contributed by atoms with Gasteiger partial charge in [-0.2, -0.15) is 0 Å². The molecule has 0 aliphatic carbocycles. The van der Waals surface area contributed by atoms with Crippen LogP contribution in [0.4, 0.5) is 0 Å². The van der Waals surface area contributed by atoms with Crippen molar-refractivity contribution in [2.75, 3.05) is 20.6 Å². The number of benzene rings is 2. The van der Waals surface area contributed by atoms with Crippen molar-refractivity contribution < 1.29 is 9.53 Å². The van der Waals surface area contributed by atoms with E-state index in [1.54, 1.807) is 0 Å². The zero-order valence-corrected chi connectivity index (χ0v) is 15.5. The van der Waals surface area contributed by atoms with Crippen molar-refractivity contribution >= 4 is 29.3 Å². The third-order valence-electron chi connectivity index (χ3n) is 3.86. The molecule has 132 valence electrons. The molecule has 4 nitrogen and oxygen atoms in total. The number of likely N-dealkylation sites (N-methyl/N-ethyl adjacent to an activating group) is 1. The third kappa shape index (κ3) is 4.21. The normalized spacial score (nSPS) is 12.0. The SMILES string of the molecule is CC(CN(C)C)OC(=O)c1cc2ccccc2n1-c1ccccc1.Cl. The van der Waals surface area contributed by atoms with Gasteiger partial charge in [0, 0.05) is 17.6 Å². The predicted molar refractivity (Wildman–Crippen MR) is 104 cm³/mol. The van der Waals surface area contributed by atoms with E-state index in [2.05, 4.69) is 0 Å². The second-order valence-corrected chi connectivity index (χ2v) is 6.24. The van der Waals surface area contributed by atoms with Gasteiger partial charge < -0.3 is 14.2 Å². The van der Waals surface area contributed by atoms with Crippen molar-refractivity contribution in [3.8, 4) is 5.69 Å². The van der Waals surface area contributed by atoms with Crippen LogP contribution in [0, 0.1) is 0 Å². The van der Waals surface area contributed by atoms with Gasteiger partial charge in [0.25, 0.3) is 0 Å². The number of para-hydroxylation sites is 2. The fourth-order valence-electron chi connectivity index (χ4n) is 2.95.